The zero-order chi connectivity index (χ0) is 14.7. The molecule has 0 spiro atoms. The van der Waals surface area contributed by atoms with Crippen LogP contribution in [0.25, 0.3) is 0 Å². The van der Waals surface area contributed by atoms with E-state index in [9.17, 15) is 14.7 Å². The van der Waals surface area contributed by atoms with Gasteiger partial charge >= 0.3 is 11.9 Å². The predicted molar refractivity (Wildman–Crippen MR) is 67.8 cm³/mol. The molecule has 1 aliphatic rings. The Balaban J connectivity index is 2.09. The molecule has 1 aromatic carbocycles. The van der Waals surface area contributed by atoms with Crippen molar-refractivity contribution in [2.75, 3.05) is 0 Å². The molecule has 108 valence electrons. The average Bonchev–Trinajstić information content (AvgIpc) is 2.66. The highest BCUT2D eigenvalue weighted by Crippen LogP contribution is 2.26. The maximum Gasteiger partial charge on any atom is 0.338 e. The van der Waals surface area contributed by atoms with Crippen LogP contribution < -0.4 is 0 Å². The largest absolute Gasteiger partial charge is 0.453 e. The predicted octanol–water partition coefficient (Wildman–Crippen LogP) is 0.881. The van der Waals surface area contributed by atoms with Gasteiger partial charge in [0.2, 0.25) is 0 Å². The number of benzene rings is 1. The molecule has 0 amide bonds. The molecule has 4 atom stereocenters. The molecule has 0 unspecified atom stereocenters. The van der Waals surface area contributed by atoms with Gasteiger partial charge in [-0.15, -0.1) is 0 Å². The van der Waals surface area contributed by atoms with E-state index in [2.05, 4.69) is 0 Å². The highest BCUT2D eigenvalue weighted by molar-refractivity contribution is 5.89. The van der Waals surface area contributed by atoms with Crippen molar-refractivity contribution in [2.45, 2.75) is 38.4 Å². The lowest BCUT2D eigenvalue weighted by Crippen LogP contribution is -2.39. The van der Waals surface area contributed by atoms with Crippen LogP contribution in [-0.4, -0.2) is 41.6 Å². The molecule has 0 aliphatic carbocycles. The van der Waals surface area contributed by atoms with Gasteiger partial charge < -0.3 is 19.3 Å². The lowest BCUT2D eigenvalue weighted by atomic mass is 10.1. The minimum atomic E-state index is -1.30. The van der Waals surface area contributed by atoms with Crippen LogP contribution in [0.2, 0.25) is 0 Å². The van der Waals surface area contributed by atoms with Crippen molar-refractivity contribution in [1.82, 2.24) is 0 Å². The Morgan fingerprint density at radius 2 is 1.80 bits per heavy atom. The minimum absolute atomic E-state index is 0.377. The molecule has 6 heteroatoms. The number of hydrogen-bond donors (Lipinski definition) is 1. The van der Waals surface area contributed by atoms with Gasteiger partial charge in [-0.25, -0.2) is 4.79 Å². The molecule has 1 saturated heterocycles. The lowest BCUT2D eigenvalue weighted by Gasteiger charge is -2.21. The van der Waals surface area contributed by atoms with Crippen molar-refractivity contribution >= 4 is 11.9 Å². The number of aliphatic hydroxyl groups excluding tert-OH is 1. The minimum Gasteiger partial charge on any atom is -0.453 e. The van der Waals surface area contributed by atoms with Crippen LogP contribution in [0, 0.1) is 0 Å². The summed E-state index contributed by atoms with van der Waals surface area (Å²) in [5, 5.41) is 9.67. The Morgan fingerprint density at radius 3 is 2.40 bits per heavy atom. The number of rotatable bonds is 3. The third-order valence-electron chi connectivity index (χ3n) is 2.98. The lowest BCUT2D eigenvalue weighted by molar-refractivity contribution is -0.169. The Hall–Kier alpha value is -1.92. The van der Waals surface area contributed by atoms with Crippen LogP contribution in [0.4, 0.5) is 0 Å². The zero-order valence-corrected chi connectivity index (χ0v) is 11.2. The summed E-state index contributed by atoms with van der Waals surface area (Å²) in [5.74, 6) is -1.13. The molecule has 1 aromatic rings. The third kappa shape index (κ3) is 3.15. The molecular formula is C14H16O6. The van der Waals surface area contributed by atoms with Gasteiger partial charge in [0, 0.05) is 6.92 Å². The van der Waals surface area contributed by atoms with Gasteiger partial charge in [0.15, 0.2) is 18.5 Å². The van der Waals surface area contributed by atoms with E-state index >= 15 is 0 Å². The maximum absolute atomic E-state index is 12.0. The van der Waals surface area contributed by atoms with Crippen LogP contribution in [0.3, 0.4) is 0 Å². The Kier molecular flexibility index (Phi) is 4.36. The Bertz CT molecular complexity index is 486. The summed E-state index contributed by atoms with van der Waals surface area (Å²) in [4.78, 5) is 23.0. The fraction of sp³-hybridized carbons (Fsp3) is 0.429. The molecule has 0 radical (unpaired) electrons. The first-order valence-electron chi connectivity index (χ1n) is 6.26. The topological polar surface area (TPSA) is 82.1 Å². The van der Waals surface area contributed by atoms with Crippen molar-refractivity contribution in [3.05, 3.63) is 35.9 Å². The first-order valence-corrected chi connectivity index (χ1v) is 6.26. The van der Waals surface area contributed by atoms with Crippen molar-refractivity contribution in [3.8, 4) is 0 Å². The molecule has 1 aliphatic heterocycles. The van der Waals surface area contributed by atoms with Crippen LogP contribution in [0.5, 0.6) is 0 Å². The zero-order valence-electron chi connectivity index (χ0n) is 11.2. The second-order valence-corrected chi connectivity index (χ2v) is 4.54. The molecule has 0 aromatic heterocycles. The molecule has 6 nitrogen and oxygen atoms in total. The first kappa shape index (κ1) is 14.5. The fourth-order valence-electron chi connectivity index (χ4n) is 2.05. The van der Waals surface area contributed by atoms with Crippen LogP contribution in [-0.2, 0) is 19.0 Å². The number of esters is 2. The van der Waals surface area contributed by atoms with E-state index in [1.165, 1.54) is 6.92 Å². The number of aliphatic hydroxyl groups is 1. The van der Waals surface area contributed by atoms with E-state index < -0.39 is 36.5 Å². The molecule has 0 saturated carbocycles. The summed E-state index contributed by atoms with van der Waals surface area (Å²) in [6.07, 6.45) is -3.73. The van der Waals surface area contributed by atoms with Gasteiger partial charge in [-0.3, -0.25) is 4.79 Å². The highest BCUT2D eigenvalue weighted by Gasteiger charge is 2.46. The van der Waals surface area contributed by atoms with Crippen LogP contribution in [0.1, 0.15) is 24.2 Å². The summed E-state index contributed by atoms with van der Waals surface area (Å²) in [5.41, 5.74) is 0.377. The van der Waals surface area contributed by atoms with Crippen molar-refractivity contribution in [1.29, 1.82) is 0 Å². The van der Waals surface area contributed by atoms with Gasteiger partial charge in [-0.1, -0.05) is 18.2 Å². The Labute approximate surface area is 116 Å². The van der Waals surface area contributed by atoms with E-state index in [4.69, 9.17) is 14.2 Å². The molecular weight excluding hydrogens is 264 g/mol. The number of ether oxygens (including phenoxy) is 3. The quantitative estimate of drug-likeness (QED) is 0.828. The van der Waals surface area contributed by atoms with Gasteiger partial charge in [0.1, 0.15) is 0 Å². The van der Waals surface area contributed by atoms with E-state index in [1.54, 1.807) is 37.3 Å². The van der Waals surface area contributed by atoms with Crippen LogP contribution in [0.15, 0.2) is 30.3 Å². The first-order chi connectivity index (χ1) is 9.49. The van der Waals surface area contributed by atoms with Gasteiger partial charge in [-0.05, 0) is 19.1 Å². The second kappa shape index (κ2) is 6.02. The van der Waals surface area contributed by atoms with Crippen LogP contribution >= 0.6 is 0 Å². The van der Waals surface area contributed by atoms with Crippen molar-refractivity contribution < 1.29 is 28.9 Å². The average molecular weight is 280 g/mol. The number of hydrogen-bond acceptors (Lipinski definition) is 6. The smallest absolute Gasteiger partial charge is 0.338 e. The Morgan fingerprint density at radius 1 is 1.15 bits per heavy atom. The normalized spacial score (nSPS) is 28.9. The van der Waals surface area contributed by atoms with Gasteiger partial charge in [0.25, 0.3) is 0 Å². The third-order valence-corrected chi connectivity index (χ3v) is 2.98. The van der Waals surface area contributed by atoms with Gasteiger partial charge in [0.05, 0.1) is 11.7 Å². The van der Waals surface area contributed by atoms with E-state index in [-0.39, 0.29) is 0 Å². The molecule has 0 bridgehead atoms. The number of carbonyl (C=O) groups excluding carboxylic acids is 2. The van der Waals surface area contributed by atoms with Crippen molar-refractivity contribution in [2.24, 2.45) is 0 Å². The maximum atomic E-state index is 12.0. The summed E-state index contributed by atoms with van der Waals surface area (Å²) >= 11 is 0. The number of carbonyl (C=O) groups is 2. The molecule has 1 fully saturated rings. The summed E-state index contributed by atoms with van der Waals surface area (Å²) < 4.78 is 15.4. The molecule has 2 rings (SSSR count). The highest BCUT2D eigenvalue weighted by atomic mass is 16.7. The van der Waals surface area contributed by atoms with Gasteiger partial charge in [-0.2, -0.15) is 0 Å². The second-order valence-electron chi connectivity index (χ2n) is 4.54. The fourth-order valence-corrected chi connectivity index (χ4v) is 2.05. The summed E-state index contributed by atoms with van der Waals surface area (Å²) in [6, 6.07) is 8.43. The van der Waals surface area contributed by atoms with E-state index in [1.807, 2.05) is 0 Å². The standard InChI is InChI=1S/C14H16O6/c1-8-11(12(14(17)18-8)19-9(2)15)20-13(16)10-6-4-3-5-7-10/h3-8,11-12,14,17H,1-2H3/t8-,11+,12-,14+/m0/s1. The molecule has 1 N–H and O–H groups in total. The van der Waals surface area contributed by atoms with E-state index in [0.29, 0.717) is 5.56 Å². The summed E-state index contributed by atoms with van der Waals surface area (Å²) in [6.45, 7) is 2.85. The molecule has 1 heterocycles. The molecule has 20 heavy (non-hydrogen) atoms. The SMILES string of the molecule is CC(=O)O[C@H]1[C@H](OC(=O)c2ccccc2)[C@H](C)O[C@H]1O. The summed E-state index contributed by atoms with van der Waals surface area (Å²) in [7, 11) is 0. The van der Waals surface area contributed by atoms with Crippen molar-refractivity contribution in [3.63, 3.8) is 0 Å². The van der Waals surface area contributed by atoms with E-state index in [0.717, 1.165) is 0 Å². The monoisotopic (exact) mass is 280 g/mol.